The van der Waals surface area contributed by atoms with Crippen LogP contribution in [-0.2, 0) is 6.18 Å². The van der Waals surface area contributed by atoms with Crippen LogP contribution in [-0.4, -0.2) is 12.1 Å². The van der Waals surface area contributed by atoms with Gasteiger partial charge in [-0.05, 0) is 12.5 Å². The van der Waals surface area contributed by atoms with Gasteiger partial charge in [-0.1, -0.05) is 0 Å². The van der Waals surface area contributed by atoms with Crippen molar-refractivity contribution in [2.45, 2.75) is 19.5 Å². The second kappa shape index (κ2) is 4.23. The van der Waals surface area contributed by atoms with Gasteiger partial charge in [0.25, 0.3) is 6.43 Å². The molecule has 0 radical (unpaired) electrons. The standard InChI is InChI=1S/C9H8F5NO/c1-4-5(9(12,13)14)3-6(16-2)15-7(4)8(10)11/h3,8H,1-2H3. The molecule has 90 valence electrons. The van der Waals surface area contributed by atoms with Crippen molar-refractivity contribution < 1.29 is 26.7 Å². The minimum Gasteiger partial charge on any atom is -0.481 e. The Labute approximate surface area is 88.1 Å². The van der Waals surface area contributed by atoms with Crippen LogP contribution in [0.4, 0.5) is 22.0 Å². The highest BCUT2D eigenvalue weighted by atomic mass is 19.4. The summed E-state index contributed by atoms with van der Waals surface area (Å²) in [7, 11) is 1.06. The summed E-state index contributed by atoms with van der Waals surface area (Å²) in [5.74, 6) is -0.478. The minimum absolute atomic E-state index is 0.478. The van der Waals surface area contributed by atoms with E-state index in [-0.39, 0.29) is 0 Å². The average molecular weight is 241 g/mol. The smallest absolute Gasteiger partial charge is 0.416 e. The number of halogens is 5. The van der Waals surface area contributed by atoms with Crippen LogP contribution in [0.15, 0.2) is 6.07 Å². The molecular formula is C9H8F5NO. The van der Waals surface area contributed by atoms with Gasteiger partial charge in [0.1, 0.15) is 5.69 Å². The fourth-order valence-corrected chi connectivity index (χ4v) is 1.22. The normalized spacial score (nSPS) is 12.0. The molecule has 0 unspecified atom stereocenters. The number of rotatable bonds is 2. The number of hydrogen-bond donors (Lipinski definition) is 0. The van der Waals surface area contributed by atoms with Crippen LogP contribution in [0.5, 0.6) is 5.88 Å². The van der Waals surface area contributed by atoms with E-state index in [4.69, 9.17) is 0 Å². The van der Waals surface area contributed by atoms with E-state index >= 15 is 0 Å². The summed E-state index contributed by atoms with van der Waals surface area (Å²) in [5, 5.41) is 0. The van der Waals surface area contributed by atoms with Crippen LogP contribution < -0.4 is 4.74 Å². The molecule has 0 spiro atoms. The maximum absolute atomic E-state index is 12.5. The third-order valence-electron chi connectivity index (χ3n) is 2.01. The van der Waals surface area contributed by atoms with Crippen molar-refractivity contribution in [1.29, 1.82) is 0 Å². The highest BCUT2D eigenvalue weighted by Crippen LogP contribution is 2.36. The molecule has 0 bridgehead atoms. The molecule has 0 aliphatic carbocycles. The molecule has 1 aromatic heterocycles. The Hall–Kier alpha value is -1.40. The van der Waals surface area contributed by atoms with Crippen molar-refractivity contribution in [3.63, 3.8) is 0 Å². The van der Waals surface area contributed by atoms with Gasteiger partial charge in [-0.2, -0.15) is 13.2 Å². The number of pyridine rings is 1. The predicted molar refractivity (Wildman–Crippen MR) is 45.5 cm³/mol. The molecule has 1 aromatic rings. The van der Waals surface area contributed by atoms with Crippen molar-refractivity contribution in [2.24, 2.45) is 0 Å². The van der Waals surface area contributed by atoms with Gasteiger partial charge >= 0.3 is 6.18 Å². The van der Waals surface area contributed by atoms with E-state index in [9.17, 15) is 22.0 Å². The Kier molecular flexibility index (Phi) is 3.35. The molecule has 0 amide bonds. The minimum atomic E-state index is -4.70. The molecule has 0 N–H and O–H groups in total. The molecule has 0 fully saturated rings. The number of hydrogen-bond acceptors (Lipinski definition) is 2. The van der Waals surface area contributed by atoms with Crippen molar-refractivity contribution in [1.82, 2.24) is 4.98 Å². The maximum atomic E-state index is 12.5. The average Bonchev–Trinajstić information content (AvgIpc) is 2.15. The van der Waals surface area contributed by atoms with Crippen LogP contribution in [0.3, 0.4) is 0 Å². The topological polar surface area (TPSA) is 22.1 Å². The molecule has 1 rings (SSSR count). The van der Waals surface area contributed by atoms with Crippen LogP contribution in [0.2, 0.25) is 0 Å². The number of methoxy groups -OCH3 is 1. The van der Waals surface area contributed by atoms with Gasteiger partial charge in [0.15, 0.2) is 0 Å². The SMILES string of the molecule is COc1cc(C(F)(F)F)c(C)c(C(F)F)n1. The lowest BCUT2D eigenvalue weighted by molar-refractivity contribution is -0.138. The van der Waals surface area contributed by atoms with Gasteiger partial charge in [-0.15, -0.1) is 0 Å². The number of nitrogens with zero attached hydrogens (tertiary/aromatic N) is 1. The van der Waals surface area contributed by atoms with Crippen LogP contribution in [0.1, 0.15) is 23.2 Å². The molecule has 0 aliphatic rings. The molecule has 0 saturated heterocycles. The van der Waals surface area contributed by atoms with Crippen LogP contribution >= 0.6 is 0 Å². The number of ether oxygens (including phenoxy) is 1. The fraction of sp³-hybridized carbons (Fsp3) is 0.444. The van der Waals surface area contributed by atoms with Gasteiger partial charge in [-0.3, -0.25) is 0 Å². The maximum Gasteiger partial charge on any atom is 0.416 e. The summed E-state index contributed by atoms with van der Waals surface area (Å²) < 4.78 is 66.7. The Balaban J connectivity index is 3.44. The Morgan fingerprint density at radius 1 is 1.31 bits per heavy atom. The second-order valence-electron chi connectivity index (χ2n) is 3.02. The molecule has 0 atom stereocenters. The summed E-state index contributed by atoms with van der Waals surface area (Å²) >= 11 is 0. The zero-order chi connectivity index (χ0) is 12.5. The highest BCUT2D eigenvalue weighted by molar-refractivity contribution is 5.36. The summed E-state index contributed by atoms with van der Waals surface area (Å²) in [6.45, 7) is 0.955. The molecule has 7 heteroatoms. The monoisotopic (exact) mass is 241 g/mol. The van der Waals surface area contributed by atoms with Gasteiger partial charge in [0, 0.05) is 6.07 Å². The van der Waals surface area contributed by atoms with Crippen LogP contribution in [0, 0.1) is 6.92 Å². The van der Waals surface area contributed by atoms with Gasteiger partial charge < -0.3 is 4.74 Å². The summed E-state index contributed by atoms with van der Waals surface area (Å²) in [5.41, 5.74) is -2.65. The van der Waals surface area contributed by atoms with Gasteiger partial charge in [-0.25, -0.2) is 13.8 Å². The fourth-order valence-electron chi connectivity index (χ4n) is 1.22. The number of aromatic nitrogens is 1. The van der Waals surface area contributed by atoms with Crippen molar-refractivity contribution in [3.05, 3.63) is 22.9 Å². The van der Waals surface area contributed by atoms with E-state index in [2.05, 4.69) is 9.72 Å². The zero-order valence-electron chi connectivity index (χ0n) is 8.40. The molecule has 0 saturated carbocycles. The van der Waals surface area contributed by atoms with Crippen molar-refractivity contribution >= 4 is 0 Å². The molecule has 0 aromatic carbocycles. The van der Waals surface area contributed by atoms with E-state index in [0.29, 0.717) is 6.07 Å². The molecule has 0 aliphatic heterocycles. The van der Waals surface area contributed by atoms with E-state index in [1.54, 1.807) is 0 Å². The Bertz CT molecular complexity index is 388. The highest BCUT2D eigenvalue weighted by Gasteiger charge is 2.35. The molecule has 2 nitrogen and oxygen atoms in total. The Morgan fingerprint density at radius 3 is 2.25 bits per heavy atom. The van der Waals surface area contributed by atoms with E-state index in [1.165, 1.54) is 0 Å². The summed E-state index contributed by atoms with van der Waals surface area (Å²) in [4.78, 5) is 3.29. The molecular weight excluding hydrogens is 233 g/mol. The lowest BCUT2D eigenvalue weighted by atomic mass is 10.1. The van der Waals surface area contributed by atoms with E-state index < -0.39 is 35.3 Å². The first kappa shape index (κ1) is 12.7. The summed E-state index contributed by atoms with van der Waals surface area (Å²) in [6, 6.07) is 0.598. The van der Waals surface area contributed by atoms with Gasteiger partial charge in [0.05, 0.1) is 12.7 Å². The van der Waals surface area contributed by atoms with Crippen LogP contribution in [0.25, 0.3) is 0 Å². The predicted octanol–water partition coefficient (Wildman–Crippen LogP) is 3.36. The van der Waals surface area contributed by atoms with Crippen molar-refractivity contribution in [3.8, 4) is 5.88 Å². The van der Waals surface area contributed by atoms with Gasteiger partial charge in [0.2, 0.25) is 5.88 Å². The number of alkyl halides is 5. The zero-order valence-corrected chi connectivity index (χ0v) is 8.40. The lowest BCUT2D eigenvalue weighted by Gasteiger charge is -2.14. The van der Waals surface area contributed by atoms with E-state index in [1.807, 2.05) is 0 Å². The molecule has 16 heavy (non-hydrogen) atoms. The second-order valence-corrected chi connectivity index (χ2v) is 3.02. The first-order valence-electron chi connectivity index (χ1n) is 4.18. The summed E-state index contributed by atoms with van der Waals surface area (Å²) in [6.07, 6.45) is -7.78. The van der Waals surface area contributed by atoms with E-state index in [0.717, 1.165) is 14.0 Å². The first-order valence-corrected chi connectivity index (χ1v) is 4.18. The largest absolute Gasteiger partial charge is 0.481 e. The lowest BCUT2D eigenvalue weighted by Crippen LogP contribution is -2.11. The van der Waals surface area contributed by atoms with Crippen molar-refractivity contribution in [2.75, 3.05) is 7.11 Å². The Morgan fingerprint density at radius 2 is 1.88 bits per heavy atom. The third-order valence-corrected chi connectivity index (χ3v) is 2.01. The molecule has 1 heterocycles. The first-order chi connectivity index (χ1) is 7.27. The third kappa shape index (κ3) is 2.40. The quantitative estimate of drug-likeness (QED) is 0.740.